The van der Waals surface area contributed by atoms with Gasteiger partial charge in [-0.1, -0.05) is 49.2 Å². The zero-order valence-electron chi connectivity index (χ0n) is 16.2. The molecule has 1 aliphatic heterocycles. The first-order valence-corrected chi connectivity index (χ1v) is 10.3. The van der Waals surface area contributed by atoms with Crippen LogP contribution in [0.3, 0.4) is 0 Å². The minimum atomic E-state index is -0.862. The van der Waals surface area contributed by atoms with Crippen LogP contribution in [0.4, 0.5) is 0 Å². The summed E-state index contributed by atoms with van der Waals surface area (Å²) in [6.45, 7) is 0.963. The molecule has 28 heavy (non-hydrogen) atoms. The van der Waals surface area contributed by atoms with Crippen molar-refractivity contribution in [3.63, 3.8) is 0 Å². The molecule has 148 valence electrons. The van der Waals surface area contributed by atoms with Gasteiger partial charge in [-0.15, -0.1) is 0 Å². The fraction of sp³-hybridized carbons (Fsp3) is 0.478. The van der Waals surface area contributed by atoms with Gasteiger partial charge in [0.2, 0.25) is 5.91 Å². The van der Waals surface area contributed by atoms with Gasteiger partial charge in [0.05, 0.1) is 5.60 Å². The number of carbonyl (C=O) groups excluding carboxylic acids is 1. The summed E-state index contributed by atoms with van der Waals surface area (Å²) in [5.74, 6) is 0.156. The summed E-state index contributed by atoms with van der Waals surface area (Å²) in [5, 5.41) is 11.6. The van der Waals surface area contributed by atoms with Crippen molar-refractivity contribution in [1.82, 2.24) is 9.47 Å². The summed E-state index contributed by atoms with van der Waals surface area (Å²) in [4.78, 5) is 26.9. The van der Waals surface area contributed by atoms with E-state index in [4.69, 9.17) is 0 Å². The third kappa shape index (κ3) is 3.51. The lowest BCUT2D eigenvalue weighted by Gasteiger charge is -2.52. The molecule has 0 bridgehead atoms. The van der Waals surface area contributed by atoms with Gasteiger partial charge in [0.15, 0.2) is 0 Å². The predicted molar refractivity (Wildman–Crippen MR) is 108 cm³/mol. The largest absolute Gasteiger partial charge is 0.385 e. The van der Waals surface area contributed by atoms with E-state index in [9.17, 15) is 14.7 Å². The number of aromatic nitrogens is 1. The number of fused-ring (bicyclic) bond motifs is 1. The van der Waals surface area contributed by atoms with Crippen molar-refractivity contribution in [2.24, 2.45) is 5.92 Å². The highest BCUT2D eigenvalue weighted by Crippen LogP contribution is 2.47. The van der Waals surface area contributed by atoms with E-state index in [0.717, 1.165) is 31.2 Å². The van der Waals surface area contributed by atoms with Crippen molar-refractivity contribution in [2.75, 3.05) is 6.54 Å². The predicted octanol–water partition coefficient (Wildman–Crippen LogP) is 2.92. The normalized spacial score (nSPS) is 27.2. The highest BCUT2D eigenvalue weighted by molar-refractivity contribution is 5.76. The first-order valence-electron chi connectivity index (χ1n) is 10.3. The van der Waals surface area contributed by atoms with Crippen molar-refractivity contribution in [3.05, 3.63) is 70.6 Å². The van der Waals surface area contributed by atoms with E-state index in [0.29, 0.717) is 25.9 Å². The molecule has 1 saturated carbocycles. The SMILES string of the molecule is O=C(CCn1ccccc1=O)N1CC[C@](O)(c2ccccc2)[C@@H]2CCCC[C@H]21. The number of hydrogen-bond donors (Lipinski definition) is 1. The molecule has 2 heterocycles. The van der Waals surface area contributed by atoms with Crippen LogP contribution in [0.5, 0.6) is 0 Å². The molecule has 2 fully saturated rings. The zero-order chi connectivity index (χ0) is 19.6. The number of rotatable bonds is 4. The van der Waals surface area contributed by atoms with E-state index in [1.807, 2.05) is 41.3 Å². The Kier molecular flexibility index (Phi) is 5.36. The molecule has 4 rings (SSSR count). The van der Waals surface area contributed by atoms with Crippen LogP contribution in [0.25, 0.3) is 0 Å². The highest BCUT2D eigenvalue weighted by atomic mass is 16.3. The quantitative estimate of drug-likeness (QED) is 0.887. The Labute approximate surface area is 165 Å². The van der Waals surface area contributed by atoms with Crippen LogP contribution in [-0.2, 0) is 16.9 Å². The fourth-order valence-electron chi connectivity index (χ4n) is 5.08. The van der Waals surface area contributed by atoms with Gasteiger partial charge >= 0.3 is 0 Å². The smallest absolute Gasteiger partial charge is 0.250 e. The topological polar surface area (TPSA) is 62.5 Å². The Bertz CT molecular complexity index is 879. The van der Waals surface area contributed by atoms with Crippen molar-refractivity contribution >= 4 is 5.91 Å². The van der Waals surface area contributed by atoms with E-state index >= 15 is 0 Å². The first kappa shape index (κ1) is 18.9. The minimum Gasteiger partial charge on any atom is -0.385 e. The summed E-state index contributed by atoms with van der Waals surface area (Å²) in [6.07, 6.45) is 6.68. The Morgan fingerprint density at radius 1 is 1.07 bits per heavy atom. The number of pyridine rings is 1. The first-order chi connectivity index (χ1) is 13.6. The fourth-order valence-corrected chi connectivity index (χ4v) is 5.08. The molecule has 0 radical (unpaired) electrons. The zero-order valence-corrected chi connectivity index (χ0v) is 16.2. The lowest BCUT2D eigenvalue weighted by atomic mass is 9.66. The number of benzene rings is 1. The van der Waals surface area contributed by atoms with Crippen LogP contribution in [0.2, 0.25) is 0 Å². The Balaban J connectivity index is 1.51. The van der Waals surface area contributed by atoms with Gasteiger partial charge < -0.3 is 14.6 Å². The second-order valence-electron chi connectivity index (χ2n) is 8.07. The summed E-state index contributed by atoms with van der Waals surface area (Å²) in [6, 6.07) is 15.0. The van der Waals surface area contributed by atoms with Crippen LogP contribution in [0, 0.1) is 5.92 Å². The maximum atomic E-state index is 13.0. The van der Waals surface area contributed by atoms with Crippen molar-refractivity contribution in [1.29, 1.82) is 0 Å². The van der Waals surface area contributed by atoms with Crippen molar-refractivity contribution in [3.8, 4) is 0 Å². The van der Waals surface area contributed by atoms with Gasteiger partial charge in [0, 0.05) is 43.7 Å². The molecule has 5 nitrogen and oxygen atoms in total. The number of aryl methyl sites for hydroxylation is 1. The number of likely N-dealkylation sites (tertiary alicyclic amines) is 1. The standard InChI is InChI=1S/C23H28N2O3/c26-21-12-6-7-15-24(21)16-13-22(27)25-17-14-23(28,18-8-2-1-3-9-18)19-10-4-5-11-20(19)25/h1-3,6-9,12,15,19-20,28H,4-5,10-11,13-14,16-17H2/t19-,20-,23+/m1/s1. The molecule has 1 aliphatic carbocycles. The molecule has 0 spiro atoms. The second kappa shape index (κ2) is 7.92. The Hall–Kier alpha value is -2.40. The number of aliphatic hydroxyl groups is 1. The monoisotopic (exact) mass is 380 g/mol. The second-order valence-corrected chi connectivity index (χ2v) is 8.07. The van der Waals surface area contributed by atoms with Crippen molar-refractivity contribution < 1.29 is 9.90 Å². The Morgan fingerprint density at radius 2 is 1.82 bits per heavy atom. The average Bonchev–Trinajstić information content (AvgIpc) is 2.74. The van der Waals surface area contributed by atoms with Gasteiger partial charge in [-0.3, -0.25) is 9.59 Å². The Morgan fingerprint density at radius 3 is 2.61 bits per heavy atom. The van der Waals surface area contributed by atoms with Gasteiger partial charge in [-0.05, 0) is 30.9 Å². The molecular formula is C23H28N2O3. The van der Waals surface area contributed by atoms with Gasteiger partial charge in [0.1, 0.15) is 0 Å². The number of amides is 1. The van der Waals surface area contributed by atoms with E-state index in [2.05, 4.69) is 0 Å². The molecule has 1 N–H and O–H groups in total. The van der Waals surface area contributed by atoms with Crippen LogP contribution >= 0.6 is 0 Å². The van der Waals surface area contributed by atoms with Gasteiger partial charge in [0.25, 0.3) is 5.56 Å². The molecular weight excluding hydrogens is 352 g/mol. The van der Waals surface area contributed by atoms with Crippen LogP contribution in [-0.4, -0.2) is 33.1 Å². The van der Waals surface area contributed by atoms with E-state index < -0.39 is 5.60 Å². The number of carbonyl (C=O) groups is 1. The minimum absolute atomic E-state index is 0.0702. The molecule has 2 aromatic rings. The lowest BCUT2D eigenvalue weighted by Crippen LogP contribution is -2.59. The van der Waals surface area contributed by atoms with E-state index in [-0.39, 0.29) is 23.4 Å². The lowest BCUT2D eigenvalue weighted by molar-refractivity contribution is -0.155. The molecule has 1 amide bonds. The summed E-state index contributed by atoms with van der Waals surface area (Å²) in [5.41, 5.74) is 0.0252. The van der Waals surface area contributed by atoms with Crippen LogP contribution in [0.15, 0.2) is 59.5 Å². The number of hydrogen-bond acceptors (Lipinski definition) is 3. The van der Waals surface area contributed by atoms with Gasteiger partial charge in [-0.2, -0.15) is 0 Å². The molecule has 1 aromatic heterocycles. The molecule has 5 heteroatoms. The number of nitrogens with zero attached hydrogens (tertiary/aromatic N) is 2. The van der Waals surface area contributed by atoms with Gasteiger partial charge in [-0.25, -0.2) is 0 Å². The van der Waals surface area contributed by atoms with Crippen molar-refractivity contribution in [2.45, 2.75) is 56.7 Å². The summed E-state index contributed by atoms with van der Waals surface area (Å²) >= 11 is 0. The molecule has 2 aliphatic rings. The molecule has 3 atom stereocenters. The maximum absolute atomic E-state index is 13.0. The number of piperidine rings is 1. The van der Waals surface area contributed by atoms with E-state index in [1.165, 1.54) is 6.07 Å². The maximum Gasteiger partial charge on any atom is 0.250 e. The molecule has 0 unspecified atom stereocenters. The molecule has 1 saturated heterocycles. The third-order valence-electron chi connectivity index (χ3n) is 6.54. The summed E-state index contributed by atoms with van der Waals surface area (Å²) in [7, 11) is 0. The summed E-state index contributed by atoms with van der Waals surface area (Å²) < 4.78 is 1.58. The van der Waals surface area contributed by atoms with Crippen LogP contribution in [0.1, 0.15) is 44.1 Å². The van der Waals surface area contributed by atoms with E-state index in [1.54, 1.807) is 16.8 Å². The highest BCUT2D eigenvalue weighted by Gasteiger charge is 2.50. The third-order valence-corrected chi connectivity index (χ3v) is 6.54. The molecule has 1 aromatic carbocycles. The van der Waals surface area contributed by atoms with Crippen LogP contribution < -0.4 is 5.56 Å². The average molecular weight is 380 g/mol.